The zero-order valence-corrected chi connectivity index (χ0v) is 16.5. The molecule has 1 unspecified atom stereocenters. The summed E-state index contributed by atoms with van der Waals surface area (Å²) in [5.41, 5.74) is 5.84. The summed E-state index contributed by atoms with van der Waals surface area (Å²) in [6, 6.07) is 5.14. The Labute approximate surface area is 163 Å². The van der Waals surface area contributed by atoms with Crippen LogP contribution in [0.15, 0.2) is 18.2 Å². The predicted octanol–water partition coefficient (Wildman–Crippen LogP) is 3.95. The van der Waals surface area contributed by atoms with Crippen LogP contribution < -0.4 is 5.73 Å². The Morgan fingerprint density at radius 1 is 1.27 bits per heavy atom. The first kappa shape index (κ1) is 20.8. The van der Waals surface area contributed by atoms with E-state index in [0.29, 0.717) is 10.0 Å². The highest BCUT2D eigenvalue weighted by atomic mass is 35.5. The first-order valence-electron chi connectivity index (χ1n) is 8.35. The number of primary amides is 1. The zero-order chi connectivity index (χ0) is 19.6. The van der Waals surface area contributed by atoms with Gasteiger partial charge in [-0.2, -0.15) is 0 Å². The summed E-state index contributed by atoms with van der Waals surface area (Å²) in [6.07, 6.45) is -1.93. The number of carbonyl (C=O) groups is 2. The van der Waals surface area contributed by atoms with Crippen LogP contribution in [-0.4, -0.2) is 41.2 Å². The number of hydrogen-bond donors (Lipinski definition) is 2. The summed E-state index contributed by atoms with van der Waals surface area (Å²) in [5, 5.41) is 10.3. The number of nitrogens with two attached hydrogens (primary N) is 1. The molecule has 8 heteroatoms. The van der Waals surface area contributed by atoms with Gasteiger partial charge in [0.2, 0.25) is 5.91 Å². The lowest BCUT2D eigenvalue weighted by Crippen LogP contribution is -2.42. The Morgan fingerprint density at radius 3 is 2.42 bits per heavy atom. The maximum absolute atomic E-state index is 11.7. The number of carbonyl (C=O) groups excluding carboxylic acids is 1. The fraction of sp³-hybridized carbons (Fsp3) is 0.556. The van der Waals surface area contributed by atoms with E-state index in [4.69, 9.17) is 33.7 Å². The standard InChI is InChI=1S/C18H24Cl2N2O4/c1-18(2,3)14-9-22(17(24)25)8-11(7-15(21)23)16(26-14)10-4-5-12(19)13(20)6-10/h4-6,11,14,16H,7-9H2,1-3H3,(H2,21,23)(H,24,25)/t11-,14?,16+/m1/s1. The molecule has 2 amide bonds. The van der Waals surface area contributed by atoms with Gasteiger partial charge >= 0.3 is 6.09 Å². The van der Waals surface area contributed by atoms with Crippen molar-refractivity contribution >= 4 is 35.2 Å². The molecular formula is C18H24Cl2N2O4. The van der Waals surface area contributed by atoms with Gasteiger partial charge in [-0.1, -0.05) is 50.0 Å². The van der Waals surface area contributed by atoms with Gasteiger partial charge in [0.25, 0.3) is 0 Å². The topological polar surface area (TPSA) is 92.9 Å². The molecule has 1 fully saturated rings. The molecule has 1 aliphatic rings. The van der Waals surface area contributed by atoms with Crippen molar-refractivity contribution in [1.82, 2.24) is 4.90 Å². The van der Waals surface area contributed by atoms with E-state index in [9.17, 15) is 14.7 Å². The van der Waals surface area contributed by atoms with Crippen LogP contribution in [0.1, 0.15) is 38.9 Å². The van der Waals surface area contributed by atoms with Crippen molar-refractivity contribution in [2.75, 3.05) is 13.1 Å². The van der Waals surface area contributed by atoms with Crippen molar-refractivity contribution in [3.8, 4) is 0 Å². The number of rotatable bonds is 3. The summed E-state index contributed by atoms with van der Waals surface area (Å²) in [7, 11) is 0. The molecule has 0 spiro atoms. The van der Waals surface area contributed by atoms with Gasteiger partial charge in [0.15, 0.2) is 0 Å². The maximum atomic E-state index is 11.7. The van der Waals surface area contributed by atoms with Crippen LogP contribution in [0, 0.1) is 11.3 Å². The normalized spacial score (nSPS) is 24.2. The van der Waals surface area contributed by atoms with Crippen molar-refractivity contribution in [1.29, 1.82) is 0 Å². The van der Waals surface area contributed by atoms with Gasteiger partial charge in [-0.15, -0.1) is 0 Å². The second kappa shape index (κ2) is 8.03. The highest BCUT2D eigenvalue weighted by Gasteiger charge is 2.40. The molecule has 26 heavy (non-hydrogen) atoms. The third-order valence-corrected chi connectivity index (χ3v) is 5.29. The minimum atomic E-state index is -1.05. The monoisotopic (exact) mass is 402 g/mol. The first-order valence-corrected chi connectivity index (χ1v) is 9.11. The summed E-state index contributed by atoms with van der Waals surface area (Å²) >= 11 is 12.2. The number of carboxylic acid groups (broad SMARTS) is 1. The summed E-state index contributed by atoms with van der Waals surface area (Å²) in [6.45, 7) is 6.32. The molecule has 1 saturated heterocycles. The van der Waals surface area contributed by atoms with Gasteiger partial charge in [0.1, 0.15) is 0 Å². The number of amides is 2. The molecule has 1 aromatic rings. The fourth-order valence-electron chi connectivity index (χ4n) is 3.09. The van der Waals surface area contributed by atoms with E-state index in [-0.39, 0.29) is 31.0 Å². The van der Waals surface area contributed by atoms with Crippen molar-refractivity contribution in [3.63, 3.8) is 0 Å². The number of halogens is 2. The zero-order valence-electron chi connectivity index (χ0n) is 15.0. The molecule has 1 aromatic carbocycles. The van der Waals surface area contributed by atoms with Crippen LogP contribution in [-0.2, 0) is 9.53 Å². The van der Waals surface area contributed by atoms with E-state index in [1.807, 2.05) is 20.8 Å². The molecule has 6 nitrogen and oxygen atoms in total. The van der Waals surface area contributed by atoms with Crippen LogP contribution in [0.4, 0.5) is 4.79 Å². The lowest BCUT2D eigenvalue weighted by Gasteiger charge is -2.34. The third-order valence-electron chi connectivity index (χ3n) is 4.55. The SMILES string of the molecule is CC(C)(C)C1CN(C(=O)O)C[C@@H](CC(N)=O)[C@H](c2ccc(Cl)c(Cl)c2)O1. The summed E-state index contributed by atoms with van der Waals surface area (Å²) in [4.78, 5) is 24.5. The van der Waals surface area contributed by atoms with Gasteiger partial charge < -0.3 is 20.5 Å². The molecule has 0 radical (unpaired) electrons. The van der Waals surface area contributed by atoms with E-state index in [1.165, 1.54) is 4.90 Å². The van der Waals surface area contributed by atoms with Crippen molar-refractivity contribution < 1.29 is 19.4 Å². The Hall–Kier alpha value is -1.50. The Morgan fingerprint density at radius 2 is 1.92 bits per heavy atom. The minimum Gasteiger partial charge on any atom is -0.465 e. The minimum absolute atomic E-state index is 0.00551. The number of benzene rings is 1. The highest BCUT2D eigenvalue weighted by molar-refractivity contribution is 6.42. The van der Waals surface area contributed by atoms with E-state index in [2.05, 4.69) is 0 Å². The van der Waals surface area contributed by atoms with E-state index in [0.717, 1.165) is 5.56 Å². The predicted molar refractivity (Wildman–Crippen MR) is 100 cm³/mol. The van der Waals surface area contributed by atoms with E-state index >= 15 is 0 Å². The molecule has 0 aromatic heterocycles. The maximum Gasteiger partial charge on any atom is 0.407 e. The lowest BCUT2D eigenvalue weighted by atomic mass is 9.88. The lowest BCUT2D eigenvalue weighted by molar-refractivity contribution is -0.121. The average Bonchev–Trinajstić information content (AvgIpc) is 2.69. The average molecular weight is 403 g/mol. The molecule has 0 saturated carbocycles. The van der Waals surface area contributed by atoms with E-state index < -0.39 is 24.0 Å². The molecule has 1 heterocycles. The van der Waals surface area contributed by atoms with Gasteiger partial charge in [0, 0.05) is 18.9 Å². The van der Waals surface area contributed by atoms with Crippen LogP contribution in [0.25, 0.3) is 0 Å². The van der Waals surface area contributed by atoms with Gasteiger partial charge in [-0.3, -0.25) is 4.79 Å². The van der Waals surface area contributed by atoms with Gasteiger partial charge in [0.05, 0.1) is 28.8 Å². The van der Waals surface area contributed by atoms with Crippen LogP contribution in [0.5, 0.6) is 0 Å². The number of hydrogen-bond acceptors (Lipinski definition) is 3. The Bertz CT molecular complexity index is 690. The first-order chi connectivity index (χ1) is 12.0. The third kappa shape index (κ3) is 5.02. The molecule has 2 rings (SSSR count). The van der Waals surface area contributed by atoms with E-state index in [1.54, 1.807) is 18.2 Å². The molecule has 144 valence electrons. The van der Waals surface area contributed by atoms with Crippen LogP contribution >= 0.6 is 23.2 Å². The molecule has 0 aliphatic carbocycles. The second-order valence-electron chi connectivity index (χ2n) is 7.70. The Balaban J connectivity index is 2.48. The smallest absolute Gasteiger partial charge is 0.407 e. The Kier molecular flexibility index (Phi) is 6.42. The van der Waals surface area contributed by atoms with Crippen LogP contribution in [0.2, 0.25) is 10.0 Å². The largest absolute Gasteiger partial charge is 0.465 e. The molecule has 1 aliphatic heterocycles. The number of ether oxygens (including phenoxy) is 1. The van der Waals surface area contributed by atoms with Crippen molar-refractivity contribution in [2.24, 2.45) is 17.1 Å². The quantitative estimate of drug-likeness (QED) is 0.799. The molecule has 3 N–H and O–H groups in total. The molecular weight excluding hydrogens is 379 g/mol. The summed E-state index contributed by atoms with van der Waals surface area (Å²) in [5.74, 6) is -0.934. The van der Waals surface area contributed by atoms with Gasteiger partial charge in [-0.25, -0.2) is 4.79 Å². The summed E-state index contributed by atoms with van der Waals surface area (Å²) < 4.78 is 6.34. The van der Waals surface area contributed by atoms with Crippen molar-refractivity contribution in [3.05, 3.63) is 33.8 Å². The van der Waals surface area contributed by atoms with Gasteiger partial charge in [-0.05, 0) is 23.1 Å². The second-order valence-corrected chi connectivity index (χ2v) is 8.52. The molecule has 3 atom stereocenters. The molecule has 0 bridgehead atoms. The number of nitrogens with zero attached hydrogens (tertiary/aromatic N) is 1. The highest BCUT2D eigenvalue weighted by Crippen LogP contribution is 2.39. The fourth-order valence-corrected chi connectivity index (χ4v) is 3.40. The van der Waals surface area contributed by atoms with Crippen molar-refractivity contribution in [2.45, 2.75) is 39.4 Å². The van der Waals surface area contributed by atoms with Crippen LogP contribution in [0.3, 0.4) is 0 Å².